The van der Waals surface area contributed by atoms with E-state index in [4.69, 9.17) is 11.6 Å². The lowest BCUT2D eigenvalue weighted by Gasteiger charge is -2.14. The molecule has 2 aromatic carbocycles. The third-order valence-corrected chi connectivity index (χ3v) is 5.29. The Morgan fingerprint density at radius 1 is 1.15 bits per heavy atom. The second-order valence-corrected chi connectivity index (χ2v) is 6.24. The minimum Gasteiger partial charge on any atom is -0.306 e. The number of imidazole rings is 1. The molecule has 0 radical (unpaired) electrons. The first-order chi connectivity index (χ1) is 9.56. The highest BCUT2D eigenvalue weighted by atomic mass is 127. The zero-order chi connectivity index (χ0) is 14.3. The van der Waals surface area contributed by atoms with E-state index in [1.54, 1.807) is 0 Å². The number of halogens is 2. The van der Waals surface area contributed by atoms with E-state index in [0.717, 1.165) is 22.2 Å². The van der Waals surface area contributed by atoms with E-state index in [9.17, 15) is 4.79 Å². The molecule has 0 aliphatic rings. The third kappa shape index (κ3) is 2.38. The zero-order valence-corrected chi connectivity index (χ0v) is 13.6. The molecule has 3 aromatic rings. The second-order valence-electron chi connectivity index (χ2n) is 4.72. The van der Waals surface area contributed by atoms with Gasteiger partial charge in [-0.15, -0.1) is 11.6 Å². The van der Waals surface area contributed by atoms with Crippen molar-refractivity contribution in [1.29, 1.82) is 0 Å². The average molecular weight is 399 g/mol. The van der Waals surface area contributed by atoms with E-state index >= 15 is 0 Å². The van der Waals surface area contributed by atoms with Crippen LogP contribution in [0.15, 0.2) is 41.2 Å². The molecule has 0 saturated heterocycles. The van der Waals surface area contributed by atoms with E-state index in [1.165, 1.54) is 9.13 Å². The highest BCUT2D eigenvalue weighted by Crippen LogP contribution is 2.33. The summed E-state index contributed by atoms with van der Waals surface area (Å²) in [5.74, 6) is 0. The minimum absolute atomic E-state index is 0.201. The highest BCUT2D eigenvalue weighted by molar-refractivity contribution is 14.1. The monoisotopic (exact) mass is 398 g/mol. The summed E-state index contributed by atoms with van der Waals surface area (Å²) in [6.07, 6.45) is 0. The second kappa shape index (κ2) is 5.26. The van der Waals surface area contributed by atoms with Crippen molar-refractivity contribution < 1.29 is 0 Å². The number of aryl methyl sites for hydroxylation is 1. The van der Waals surface area contributed by atoms with Gasteiger partial charge in [0.1, 0.15) is 0 Å². The number of hydrogen-bond donors (Lipinski definition) is 2. The molecular formula is C15H12ClIN2O. The van der Waals surface area contributed by atoms with Crippen molar-refractivity contribution in [2.24, 2.45) is 0 Å². The molecule has 2 N–H and O–H groups in total. The molecule has 0 fully saturated rings. The van der Waals surface area contributed by atoms with Crippen LogP contribution in [0.3, 0.4) is 0 Å². The molecule has 0 saturated carbocycles. The Labute approximate surface area is 134 Å². The SMILES string of the molecule is Cc1cccc(C(Cl)c2ccc3[nH]c(=O)[nH]c3c2)c1I. The van der Waals surface area contributed by atoms with Crippen molar-refractivity contribution in [2.45, 2.75) is 12.3 Å². The van der Waals surface area contributed by atoms with Crippen LogP contribution in [0.2, 0.25) is 0 Å². The molecule has 1 heterocycles. The number of rotatable bonds is 2. The molecule has 0 bridgehead atoms. The summed E-state index contributed by atoms with van der Waals surface area (Å²) >= 11 is 8.93. The van der Waals surface area contributed by atoms with Crippen LogP contribution in [0, 0.1) is 10.5 Å². The topological polar surface area (TPSA) is 48.6 Å². The average Bonchev–Trinajstić information content (AvgIpc) is 2.80. The van der Waals surface area contributed by atoms with Gasteiger partial charge in [-0.3, -0.25) is 0 Å². The van der Waals surface area contributed by atoms with E-state index < -0.39 is 0 Å². The number of nitrogens with one attached hydrogen (secondary N) is 2. The van der Waals surface area contributed by atoms with Crippen LogP contribution in [-0.4, -0.2) is 9.97 Å². The standard InChI is InChI=1S/C15H12ClIN2O/c1-8-3-2-4-10(14(8)17)13(16)9-5-6-11-12(7-9)19-15(20)18-11/h2-7,13H,1H3,(H2,18,19,20). The quantitative estimate of drug-likeness (QED) is 0.496. The summed E-state index contributed by atoms with van der Waals surface area (Å²) in [5, 5.41) is -0.232. The van der Waals surface area contributed by atoms with Crippen LogP contribution in [0.25, 0.3) is 11.0 Å². The fourth-order valence-corrected chi connectivity index (χ4v) is 3.43. The first kappa shape index (κ1) is 13.7. The van der Waals surface area contributed by atoms with Crippen molar-refractivity contribution >= 4 is 45.2 Å². The normalized spacial score (nSPS) is 12.8. The van der Waals surface area contributed by atoms with Crippen molar-refractivity contribution in [2.75, 3.05) is 0 Å². The number of benzene rings is 2. The molecule has 1 unspecified atom stereocenters. The Morgan fingerprint density at radius 2 is 1.90 bits per heavy atom. The van der Waals surface area contributed by atoms with E-state index in [2.05, 4.69) is 45.5 Å². The van der Waals surface area contributed by atoms with Crippen molar-refractivity contribution in [3.8, 4) is 0 Å². The Hall–Kier alpha value is -1.27. The van der Waals surface area contributed by atoms with Crippen LogP contribution in [0.1, 0.15) is 22.1 Å². The van der Waals surface area contributed by atoms with E-state index in [1.807, 2.05) is 30.3 Å². The lowest BCUT2D eigenvalue weighted by Crippen LogP contribution is -1.99. The van der Waals surface area contributed by atoms with Crippen LogP contribution < -0.4 is 5.69 Å². The van der Waals surface area contributed by atoms with Crippen LogP contribution in [0.5, 0.6) is 0 Å². The van der Waals surface area contributed by atoms with Gasteiger partial charge in [0, 0.05) is 3.57 Å². The van der Waals surface area contributed by atoms with Gasteiger partial charge in [-0.2, -0.15) is 0 Å². The lowest BCUT2D eigenvalue weighted by molar-refractivity contribution is 1.12. The lowest BCUT2D eigenvalue weighted by atomic mass is 10.0. The fraction of sp³-hybridized carbons (Fsp3) is 0.133. The molecule has 1 atom stereocenters. The minimum atomic E-state index is -0.232. The van der Waals surface area contributed by atoms with E-state index in [-0.39, 0.29) is 11.1 Å². The summed E-state index contributed by atoms with van der Waals surface area (Å²) in [6, 6.07) is 11.9. The number of aromatic amines is 2. The fourth-order valence-electron chi connectivity index (χ4n) is 2.25. The molecule has 1 aromatic heterocycles. The van der Waals surface area contributed by atoms with Crippen LogP contribution in [-0.2, 0) is 0 Å². The molecule has 3 rings (SSSR count). The van der Waals surface area contributed by atoms with Gasteiger partial charge in [-0.1, -0.05) is 24.3 Å². The van der Waals surface area contributed by atoms with Crippen LogP contribution >= 0.6 is 34.2 Å². The Morgan fingerprint density at radius 3 is 2.70 bits per heavy atom. The number of aromatic nitrogens is 2. The third-order valence-electron chi connectivity index (χ3n) is 3.33. The summed E-state index contributed by atoms with van der Waals surface area (Å²) < 4.78 is 1.17. The summed E-state index contributed by atoms with van der Waals surface area (Å²) in [6.45, 7) is 2.07. The van der Waals surface area contributed by atoms with Crippen molar-refractivity contribution in [3.05, 3.63) is 67.1 Å². The summed E-state index contributed by atoms with van der Waals surface area (Å²) in [4.78, 5) is 16.8. The maximum absolute atomic E-state index is 11.3. The van der Waals surface area contributed by atoms with Gasteiger partial charge in [0.15, 0.2) is 0 Å². The van der Waals surface area contributed by atoms with Crippen molar-refractivity contribution in [1.82, 2.24) is 9.97 Å². The van der Waals surface area contributed by atoms with Gasteiger partial charge in [-0.05, 0) is 58.3 Å². The first-order valence-electron chi connectivity index (χ1n) is 6.17. The van der Waals surface area contributed by atoms with Gasteiger partial charge in [0.25, 0.3) is 0 Å². The summed E-state index contributed by atoms with van der Waals surface area (Å²) in [5.41, 5.74) is 4.64. The van der Waals surface area contributed by atoms with E-state index in [0.29, 0.717) is 0 Å². The number of H-pyrrole nitrogens is 2. The maximum atomic E-state index is 11.3. The molecule has 5 heteroatoms. The van der Waals surface area contributed by atoms with Gasteiger partial charge < -0.3 is 9.97 Å². The molecule has 0 aliphatic heterocycles. The smallest absolute Gasteiger partial charge is 0.306 e. The van der Waals surface area contributed by atoms with Gasteiger partial charge in [-0.25, -0.2) is 4.79 Å². The largest absolute Gasteiger partial charge is 0.323 e. The molecule has 20 heavy (non-hydrogen) atoms. The Bertz CT molecular complexity index is 837. The molecular weight excluding hydrogens is 387 g/mol. The van der Waals surface area contributed by atoms with Crippen molar-refractivity contribution in [3.63, 3.8) is 0 Å². The van der Waals surface area contributed by atoms with Gasteiger partial charge >= 0.3 is 5.69 Å². The number of fused-ring (bicyclic) bond motifs is 1. The molecule has 0 aliphatic carbocycles. The number of hydrogen-bond acceptors (Lipinski definition) is 1. The Balaban J connectivity index is 2.09. The number of alkyl halides is 1. The maximum Gasteiger partial charge on any atom is 0.323 e. The zero-order valence-electron chi connectivity index (χ0n) is 10.7. The molecule has 102 valence electrons. The predicted molar refractivity (Wildman–Crippen MR) is 90.5 cm³/mol. The summed E-state index contributed by atoms with van der Waals surface area (Å²) in [7, 11) is 0. The first-order valence-corrected chi connectivity index (χ1v) is 7.69. The predicted octanol–water partition coefficient (Wildman–Crippen LogP) is 4.10. The molecule has 0 spiro atoms. The van der Waals surface area contributed by atoms with Gasteiger partial charge in [0.05, 0.1) is 16.4 Å². The Kier molecular flexibility index (Phi) is 3.60. The molecule has 3 nitrogen and oxygen atoms in total. The van der Waals surface area contributed by atoms with Crippen LogP contribution in [0.4, 0.5) is 0 Å². The molecule has 0 amide bonds. The highest BCUT2D eigenvalue weighted by Gasteiger charge is 2.15. The van der Waals surface area contributed by atoms with Gasteiger partial charge in [0.2, 0.25) is 0 Å².